The molecule has 3 aromatic rings. The highest BCUT2D eigenvalue weighted by molar-refractivity contribution is 9.11. The zero-order valence-corrected chi connectivity index (χ0v) is 19.6. The maximum atomic E-state index is 12.4. The molecule has 1 heterocycles. The van der Waals surface area contributed by atoms with Gasteiger partial charge in [-0.2, -0.15) is 5.10 Å². The van der Waals surface area contributed by atoms with E-state index in [0.717, 1.165) is 18.8 Å². The third-order valence-electron chi connectivity index (χ3n) is 3.67. The summed E-state index contributed by atoms with van der Waals surface area (Å²) in [5, 5.41) is 4.72. The number of hydrogen-bond acceptors (Lipinski definition) is 6. The van der Waals surface area contributed by atoms with E-state index in [4.69, 9.17) is 9.15 Å². The molecule has 0 atom stereocenters. The van der Waals surface area contributed by atoms with Gasteiger partial charge in [0.15, 0.2) is 12.4 Å². The molecular formula is C19H13Br3N2O5. The lowest BCUT2D eigenvalue weighted by molar-refractivity contribution is -0.142. The van der Waals surface area contributed by atoms with Crippen LogP contribution >= 0.6 is 47.8 Å². The fraction of sp³-hybridized carbons (Fsp3) is 0.105. The highest BCUT2D eigenvalue weighted by Crippen LogP contribution is 2.31. The summed E-state index contributed by atoms with van der Waals surface area (Å²) in [5.74, 6) is -0.485. The second-order valence-corrected chi connectivity index (χ2v) is 8.35. The third-order valence-corrected chi connectivity index (χ3v) is 5.21. The lowest BCUT2D eigenvalue weighted by Crippen LogP contribution is -2.17. The molecule has 7 nitrogen and oxygen atoms in total. The average Bonchev–Trinajstić information content (AvgIpc) is 3.11. The van der Waals surface area contributed by atoms with E-state index >= 15 is 0 Å². The Hall–Kier alpha value is -2.17. The largest absolute Gasteiger partial charge is 0.481 e. The number of nitrogens with zero attached hydrogens (tertiary/aromatic N) is 1. The van der Waals surface area contributed by atoms with E-state index in [1.807, 2.05) is 12.1 Å². The van der Waals surface area contributed by atoms with Crippen molar-refractivity contribution in [3.63, 3.8) is 0 Å². The quantitative estimate of drug-likeness (QED) is 0.248. The minimum Gasteiger partial charge on any atom is -0.481 e. The van der Waals surface area contributed by atoms with Gasteiger partial charge in [-0.15, -0.1) is 0 Å². The normalized spacial score (nSPS) is 11.0. The van der Waals surface area contributed by atoms with Crippen molar-refractivity contribution in [2.24, 2.45) is 5.10 Å². The SMILES string of the molecule is COC(=O)COc1ccc(Br)cc1/C=N\NC(=O)c1cc2cc(Br)cc(Br)c2o1. The van der Waals surface area contributed by atoms with E-state index in [0.29, 0.717) is 16.9 Å². The third kappa shape index (κ3) is 5.46. The number of ether oxygens (including phenoxy) is 2. The maximum absolute atomic E-state index is 12.4. The van der Waals surface area contributed by atoms with E-state index in [1.165, 1.54) is 13.3 Å². The number of methoxy groups -OCH3 is 1. The summed E-state index contributed by atoms with van der Waals surface area (Å²) in [6.45, 7) is -0.241. The number of carbonyl (C=O) groups excluding carboxylic acids is 2. The summed E-state index contributed by atoms with van der Waals surface area (Å²) in [6.07, 6.45) is 1.41. The Kier molecular flexibility index (Phi) is 7.09. The molecule has 0 bridgehead atoms. The molecule has 0 aliphatic rings. The van der Waals surface area contributed by atoms with Crippen molar-refractivity contribution in [3.05, 3.63) is 61.1 Å². The van der Waals surface area contributed by atoms with Crippen LogP contribution in [0.1, 0.15) is 16.1 Å². The van der Waals surface area contributed by atoms with Gasteiger partial charge in [-0.3, -0.25) is 4.79 Å². The lowest BCUT2D eigenvalue weighted by Gasteiger charge is -2.08. The Morgan fingerprint density at radius 1 is 1.14 bits per heavy atom. The smallest absolute Gasteiger partial charge is 0.343 e. The molecule has 2 aromatic carbocycles. The molecule has 0 radical (unpaired) electrons. The molecule has 0 aliphatic carbocycles. The van der Waals surface area contributed by atoms with Gasteiger partial charge < -0.3 is 13.9 Å². The van der Waals surface area contributed by atoms with E-state index in [2.05, 4.69) is 63.1 Å². The van der Waals surface area contributed by atoms with Crippen LogP contribution in [-0.2, 0) is 9.53 Å². The van der Waals surface area contributed by atoms with Crippen LogP contribution in [0.5, 0.6) is 5.75 Å². The number of nitrogens with one attached hydrogen (secondary N) is 1. The van der Waals surface area contributed by atoms with Crippen LogP contribution < -0.4 is 10.2 Å². The fourth-order valence-electron chi connectivity index (χ4n) is 2.35. The van der Waals surface area contributed by atoms with E-state index < -0.39 is 11.9 Å². The maximum Gasteiger partial charge on any atom is 0.343 e. The molecule has 0 saturated carbocycles. The Morgan fingerprint density at radius 2 is 1.93 bits per heavy atom. The number of hydrogen-bond donors (Lipinski definition) is 1. The zero-order chi connectivity index (χ0) is 21.0. The van der Waals surface area contributed by atoms with Crippen molar-refractivity contribution in [1.29, 1.82) is 0 Å². The van der Waals surface area contributed by atoms with Crippen LogP contribution in [0.2, 0.25) is 0 Å². The second kappa shape index (κ2) is 9.55. The van der Waals surface area contributed by atoms with Crippen molar-refractivity contribution < 1.29 is 23.5 Å². The van der Waals surface area contributed by atoms with Crippen molar-refractivity contribution in [1.82, 2.24) is 5.43 Å². The summed E-state index contributed by atoms with van der Waals surface area (Å²) >= 11 is 10.2. The predicted octanol–water partition coefficient (Wildman–Crippen LogP) is 5.04. The summed E-state index contributed by atoms with van der Waals surface area (Å²) in [6, 6.07) is 10.5. The molecule has 29 heavy (non-hydrogen) atoms. The molecule has 0 unspecified atom stereocenters. The average molecular weight is 589 g/mol. The number of fused-ring (bicyclic) bond motifs is 1. The first kappa shape index (κ1) is 21.5. The zero-order valence-electron chi connectivity index (χ0n) is 14.9. The van der Waals surface area contributed by atoms with Crippen LogP contribution in [0.4, 0.5) is 0 Å². The van der Waals surface area contributed by atoms with Crippen LogP contribution in [-0.4, -0.2) is 31.8 Å². The van der Waals surface area contributed by atoms with Crippen molar-refractivity contribution in [2.45, 2.75) is 0 Å². The topological polar surface area (TPSA) is 90.1 Å². The number of furan rings is 1. The second-order valence-electron chi connectivity index (χ2n) is 5.66. The number of halogens is 3. The van der Waals surface area contributed by atoms with Crippen LogP contribution in [0.25, 0.3) is 11.0 Å². The minimum absolute atomic E-state index is 0.118. The van der Waals surface area contributed by atoms with Gasteiger partial charge in [0.05, 0.1) is 17.8 Å². The van der Waals surface area contributed by atoms with Gasteiger partial charge in [0, 0.05) is 19.9 Å². The molecule has 150 valence electrons. The molecule has 1 N–H and O–H groups in total. The Labute approximate surface area is 190 Å². The van der Waals surface area contributed by atoms with Crippen molar-refractivity contribution in [3.8, 4) is 5.75 Å². The predicted molar refractivity (Wildman–Crippen MR) is 118 cm³/mol. The minimum atomic E-state index is -0.508. The number of carbonyl (C=O) groups is 2. The number of rotatable bonds is 6. The highest BCUT2D eigenvalue weighted by Gasteiger charge is 2.14. The van der Waals surface area contributed by atoms with Gasteiger partial charge in [-0.1, -0.05) is 31.9 Å². The number of hydrazone groups is 1. The van der Waals surface area contributed by atoms with E-state index in [1.54, 1.807) is 24.3 Å². The van der Waals surface area contributed by atoms with Crippen LogP contribution in [0.3, 0.4) is 0 Å². The van der Waals surface area contributed by atoms with Gasteiger partial charge in [0.2, 0.25) is 0 Å². The summed E-state index contributed by atoms with van der Waals surface area (Å²) < 4.78 is 17.9. The first-order valence-corrected chi connectivity index (χ1v) is 10.5. The first-order valence-electron chi connectivity index (χ1n) is 8.08. The molecule has 0 saturated heterocycles. The molecule has 0 fully saturated rings. The molecule has 0 spiro atoms. The highest BCUT2D eigenvalue weighted by atomic mass is 79.9. The number of benzene rings is 2. The first-order chi connectivity index (χ1) is 13.9. The van der Waals surface area contributed by atoms with Gasteiger partial charge in [-0.05, 0) is 52.3 Å². The summed E-state index contributed by atoms with van der Waals surface area (Å²) in [7, 11) is 1.28. The van der Waals surface area contributed by atoms with Crippen molar-refractivity contribution >= 4 is 76.9 Å². The van der Waals surface area contributed by atoms with Gasteiger partial charge in [0.1, 0.15) is 11.3 Å². The monoisotopic (exact) mass is 586 g/mol. The molecule has 1 amide bonds. The Balaban J connectivity index is 1.74. The summed E-state index contributed by atoms with van der Waals surface area (Å²) in [5.41, 5.74) is 3.53. The molecule has 1 aromatic heterocycles. The van der Waals surface area contributed by atoms with Crippen molar-refractivity contribution in [2.75, 3.05) is 13.7 Å². The van der Waals surface area contributed by atoms with Gasteiger partial charge >= 0.3 is 11.9 Å². The van der Waals surface area contributed by atoms with E-state index in [-0.39, 0.29) is 12.4 Å². The fourth-order valence-corrected chi connectivity index (χ4v) is 4.07. The molecule has 0 aliphatic heterocycles. The Bertz CT molecular complexity index is 1110. The molecule has 3 rings (SSSR count). The molecule has 10 heteroatoms. The Morgan fingerprint density at radius 3 is 2.69 bits per heavy atom. The summed E-state index contributed by atoms with van der Waals surface area (Å²) in [4.78, 5) is 23.6. The van der Waals surface area contributed by atoms with Gasteiger partial charge in [-0.25, -0.2) is 10.2 Å². The standard InChI is InChI=1S/C19H13Br3N2O5/c1-27-17(25)9-28-15-3-2-12(20)5-11(15)8-23-24-19(26)16-6-10-4-13(21)7-14(22)18(10)29-16/h2-8H,9H2,1H3,(H,24,26)/b23-8-. The number of esters is 1. The molecular weight excluding hydrogens is 576 g/mol. The van der Waals surface area contributed by atoms with E-state index in [9.17, 15) is 9.59 Å². The lowest BCUT2D eigenvalue weighted by atomic mass is 10.2. The van der Waals surface area contributed by atoms with Gasteiger partial charge in [0.25, 0.3) is 0 Å². The van der Waals surface area contributed by atoms with Crippen LogP contribution in [0, 0.1) is 0 Å². The van der Waals surface area contributed by atoms with Crippen LogP contribution in [0.15, 0.2) is 59.3 Å². The number of amides is 1.